The number of aromatic amines is 1. The van der Waals surface area contributed by atoms with Crippen molar-refractivity contribution in [2.45, 2.75) is 25.3 Å². The largest absolute Gasteiger partial charge is 0.341 e. The molecule has 0 amide bonds. The molecule has 0 unspecified atom stereocenters. The summed E-state index contributed by atoms with van der Waals surface area (Å²) >= 11 is 0. The highest BCUT2D eigenvalue weighted by Gasteiger charge is 2.19. The third kappa shape index (κ3) is 1.99. The predicted molar refractivity (Wildman–Crippen MR) is 58.6 cm³/mol. The number of aromatic nitrogens is 3. The molecule has 1 fully saturated rings. The Labute approximate surface area is 88.1 Å². The molecule has 2 aromatic heterocycles. The number of pyridine rings is 1. The molecule has 2 heterocycles. The van der Waals surface area contributed by atoms with Gasteiger partial charge >= 0.3 is 0 Å². The Morgan fingerprint density at radius 2 is 2.40 bits per heavy atom. The Bertz CT molecular complexity index is 425. The van der Waals surface area contributed by atoms with Crippen LogP contribution in [-0.2, 0) is 6.42 Å². The van der Waals surface area contributed by atoms with Crippen molar-refractivity contribution in [1.29, 1.82) is 0 Å². The predicted octanol–water partition coefficient (Wildman–Crippen LogP) is 1.25. The molecular weight excluding hydrogens is 188 g/mol. The molecule has 0 bridgehead atoms. The molecule has 15 heavy (non-hydrogen) atoms. The van der Waals surface area contributed by atoms with Crippen LogP contribution in [0.2, 0.25) is 0 Å². The van der Waals surface area contributed by atoms with Crippen molar-refractivity contribution in [1.82, 2.24) is 20.3 Å². The molecule has 1 saturated carbocycles. The summed E-state index contributed by atoms with van der Waals surface area (Å²) in [5.41, 5.74) is 1.85. The lowest BCUT2D eigenvalue weighted by Crippen LogP contribution is -2.19. The third-order valence-corrected chi connectivity index (χ3v) is 2.68. The van der Waals surface area contributed by atoms with Crippen LogP contribution < -0.4 is 5.32 Å². The van der Waals surface area contributed by atoms with Crippen molar-refractivity contribution in [3.63, 3.8) is 0 Å². The fourth-order valence-electron chi connectivity index (χ4n) is 1.70. The van der Waals surface area contributed by atoms with E-state index >= 15 is 0 Å². The summed E-state index contributed by atoms with van der Waals surface area (Å²) in [6, 6.07) is 4.70. The Morgan fingerprint density at radius 3 is 3.20 bits per heavy atom. The standard InChI is InChI=1S/C11H14N4/c1-2-9-11(13-6-1)15-10(14-9)5-7-12-8-3-4-8/h1-2,6,8,12H,3-5,7H2,(H,13,14,15). The highest BCUT2D eigenvalue weighted by Crippen LogP contribution is 2.18. The van der Waals surface area contributed by atoms with Gasteiger partial charge in [-0.05, 0) is 25.0 Å². The normalized spacial score (nSPS) is 16.0. The first kappa shape index (κ1) is 8.85. The van der Waals surface area contributed by atoms with Crippen LogP contribution in [0.1, 0.15) is 18.7 Å². The van der Waals surface area contributed by atoms with Gasteiger partial charge in [-0.25, -0.2) is 9.97 Å². The van der Waals surface area contributed by atoms with Crippen LogP contribution in [0.25, 0.3) is 11.2 Å². The summed E-state index contributed by atoms with van der Waals surface area (Å²) in [6.07, 6.45) is 5.39. The van der Waals surface area contributed by atoms with Crippen LogP contribution in [0.3, 0.4) is 0 Å². The van der Waals surface area contributed by atoms with Crippen LogP contribution in [0.15, 0.2) is 18.3 Å². The molecule has 78 valence electrons. The minimum atomic E-state index is 0.771. The summed E-state index contributed by atoms with van der Waals surface area (Å²) in [5, 5.41) is 3.47. The van der Waals surface area contributed by atoms with Gasteiger partial charge in [-0.15, -0.1) is 0 Å². The van der Waals surface area contributed by atoms with Gasteiger partial charge in [-0.3, -0.25) is 0 Å². The Hall–Kier alpha value is -1.42. The highest BCUT2D eigenvalue weighted by molar-refractivity contribution is 5.69. The molecule has 2 N–H and O–H groups in total. The number of hydrogen-bond donors (Lipinski definition) is 2. The van der Waals surface area contributed by atoms with Gasteiger partial charge in [-0.1, -0.05) is 0 Å². The fourth-order valence-corrected chi connectivity index (χ4v) is 1.70. The van der Waals surface area contributed by atoms with Crippen molar-refractivity contribution in [2.24, 2.45) is 0 Å². The maximum atomic E-state index is 4.42. The average Bonchev–Trinajstić information content (AvgIpc) is 2.97. The van der Waals surface area contributed by atoms with Crippen molar-refractivity contribution >= 4 is 11.2 Å². The molecule has 0 aromatic carbocycles. The van der Waals surface area contributed by atoms with Crippen LogP contribution in [0.5, 0.6) is 0 Å². The van der Waals surface area contributed by atoms with E-state index in [1.165, 1.54) is 12.8 Å². The quantitative estimate of drug-likeness (QED) is 0.784. The molecular formula is C11H14N4. The summed E-state index contributed by atoms with van der Waals surface area (Å²) in [4.78, 5) is 11.9. The molecule has 0 atom stereocenters. The Kier molecular flexibility index (Phi) is 2.14. The van der Waals surface area contributed by atoms with Gasteiger partial charge in [0.15, 0.2) is 5.65 Å². The molecule has 0 radical (unpaired) electrons. The van der Waals surface area contributed by atoms with Gasteiger partial charge < -0.3 is 10.3 Å². The zero-order chi connectivity index (χ0) is 10.1. The van der Waals surface area contributed by atoms with E-state index in [0.717, 1.165) is 36.0 Å². The van der Waals surface area contributed by atoms with Gasteiger partial charge in [-0.2, -0.15) is 0 Å². The number of H-pyrrole nitrogens is 1. The lowest BCUT2D eigenvalue weighted by atomic mass is 10.4. The van der Waals surface area contributed by atoms with Crippen LogP contribution in [0, 0.1) is 0 Å². The topological polar surface area (TPSA) is 53.6 Å². The van der Waals surface area contributed by atoms with Crippen LogP contribution in [-0.4, -0.2) is 27.5 Å². The number of nitrogens with one attached hydrogen (secondary N) is 2. The molecule has 4 heteroatoms. The van der Waals surface area contributed by atoms with Crippen LogP contribution >= 0.6 is 0 Å². The summed E-state index contributed by atoms with van der Waals surface area (Å²) in [5.74, 6) is 1.02. The molecule has 0 aliphatic heterocycles. The zero-order valence-corrected chi connectivity index (χ0v) is 8.53. The molecule has 1 aliphatic rings. The van der Waals surface area contributed by atoms with Crippen LogP contribution in [0.4, 0.5) is 0 Å². The van der Waals surface area contributed by atoms with Gasteiger partial charge in [0.2, 0.25) is 0 Å². The van der Waals surface area contributed by atoms with E-state index in [1.807, 2.05) is 12.1 Å². The smallest absolute Gasteiger partial charge is 0.177 e. The van der Waals surface area contributed by atoms with Crippen molar-refractivity contribution in [3.05, 3.63) is 24.2 Å². The van der Waals surface area contributed by atoms with Gasteiger partial charge in [0.25, 0.3) is 0 Å². The number of hydrogen-bond acceptors (Lipinski definition) is 3. The van der Waals surface area contributed by atoms with E-state index < -0.39 is 0 Å². The lowest BCUT2D eigenvalue weighted by molar-refractivity contribution is 0.670. The van der Waals surface area contributed by atoms with Crippen molar-refractivity contribution in [3.8, 4) is 0 Å². The van der Waals surface area contributed by atoms with E-state index in [2.05, 4.69) is 20.3 Å². The number of fused-ring (bicyclic) bond motifs is 1. The van der Waals surface area contributed by atoms with E-state index in [4.69, 9.17) is 0 Å². The maximum absolute atomic E-state index is 4.42. The first-order valence-electron chi connectivity index (χ1n) is 5.45. The number of rotatable bonds is 4. The second-order valence-electron chi connectivity index (χ2n) is 4.04. The summed E-state index contributed by atoms with van der Waals surface area (Å²) < 4.78 is 0. The van der Waals surface area contributed by atoms with Crippen molar-refractivity contribution < 1.29 is 0 Å². The molecule has 0 saturated heterocycles. The average molecular weight is 202 g/mol. The SMILES string of the molecule is c1cnc2nc(CCNC3CC3)[nH]c2c1. The summed E-state index contributed by atoms with van der Waals surface area (Å²) in [7, 11) is 0. The van der Waals surface area contributed by atoms with Gasteiger partial charge in [0, 0.05) is 25.2 Å². The Morgan fingerprint density at radius 1 is 1.47 bits per heavy atom. The first-order chi connectivity index (χ1) is 7.42. The number of imidazole rings is 1. The second kappa shape index (κ2) is 3.62. The number of nitrogens with zero attached hydrogens (tertiary/aromatic N) is 2. The zero-order valence-electron chi connectivity index (χ0n) is 8.53. The Balaban J connectivity index is 1.68. The van der Waals surface area contributed by atoms with Gasteiger partial charge in [0.1, 0.15) is 5.82 Å². The van der Waals surface area contributed by atoms with E-state index in [9.17, 15) is 0 Å². The monoisotopic (exact) mass is 202 g/mol. The van der Waals surface area contributed by atoms with Gasteiger partial charge in [0.05, 0.1) is 5.52 Å². The molecule has 3 rings (SSSR count). The molecule has 0 spiro atoms. The summed E-state index contributed by atoms with van der Waals surface area (Å²) in [6.45, 7) is 1.00. The first-order valence-corrected chi connectivity index (χ1v) is 5.45. The second-order valence-corrected chi connectivity index (χ2v) is 4.04. The lowest BCUT2D eigenvalue weighted by Gasteiger charge is -1.98. The minimum absolute atomic E-state index is 0.771. The minimum Gasteiger partial charge on any atom is -0.341 e. The molecule has 2 aromatic rings. The van der Waals surface area contributed by atoms with Crippen molar-refractivity contribution in [2.75, 3.05) is 6.54 Å². The fraction of sp³-hybridized carbons (Fsp3) is 0.455. The highest BCUT2D eigenvalue weighted by atomic mass is 15.0. The maximum Gasteiger partial charge on any atom is 0.177 e. The molecule has 1 aliphatic carbocycles. The third-order valence-electron chi connectivity index (χ3n) is 2.68. The van der Waals surface area contributed by atoms with E-state index in [0.29, 0.717) is 0 Å². The van der Waals surface area contributed by atoms with E-state index in [-0.39, 0.29) is 0 Å². The molecule has 4 nitrogen and oxygen atoms in total. The van der Waals surface area contributed by atoms with E-state index in [1.54, 1.807) is 6.20 Å².